The Kier molecular flexibility index (Phi) is 4.34. The van der Waals surface area contributed by atoms with E-state index in [1.54, 1.807) is 12.1 Å². The normalized spacial score (nSPS) is 13.5. The van der Waals surface area contributed by atoms with Crippen molar-refractivity contribution in [3.8, 4) is 5.75 Å². The van der Waals surface area contributed by atoms with E-state index in [1.807, 2.05) is 31.2 Å². The van der Waals surface area contributed by atoms with Gasteiger partial charge < -0.3 is 4.74 Å². The van der Waals surface area contributed by atoms with Gasteiger partial charge in [-0.05, 0) is 42.3 Å². The van der Waals surface area contributed by atoms with Crippen LogP contribution in [0.2, 0.25) is 0 Å². The smallest absolute Gasteiger partial charge is 0.276 e. The van der Waals surface area contributed by atoms with E-state index in [0.29, 0.717) is 25.2 Å². The number of hydrogen-bond donors (Lipinski definition) is 1. The molecule has 0 heterocycles. The molecular weight excluding hydrogens is 312 g/mol. The van der Waals surface area contributed by atoms with Gasteiger partial charge in [0.1, 0.15) is 5.75 Å². The number of hydrogen-bond acceptors (Lipinski definition) is 4. The monoisotopic (exact) mass is 330 g/mol. The number of sulfonamides is 1. The van der Waals surface area contributed by atoms with Crippen LogP contribution in [0.5, 0.6) is 5.75 Å². The lowest BCUT2D eigenvalue weighted by atomic mass is 10.1. The van der Waals surface area contributed by atoms with Crippen LogP contribution in [0.15, 0.2) is 58.5 Å². The second kappa shape index (κ2) is 6.42. The lowest BCUT2D eigenvalue weighted by Crippen LogP contribution is -2.20. The fourth-order valence-electron chi connectivity index (χ4n) is 2.54. The highest BCUT2D eigenvalue weighted by Crippen LogP contribution is 2.20. The Morgan fingerprint density at radius 2 is 1.65 bits per heavy atom. The van der Waals surface area contributed by atoms with E-state index in [9.17, 15) is 8.42 Å². The Labute approximate surface area is 136 Å². The highest BCUT2D eigenvalue weighted by molar-refractivity contribution is 7.89. The minimum atomic E-state index is -3.66. The zero-order chi connectivity index (χ0) is 16.3. The van der Waals surface area contributed by atoms with E-state index >= 15 is 0 Å². The second-order valence-electron chi connectivity index (χ2n) is 5.30. The maximum Gasteiger partial charge on any atom is 0.276 e. The number of hydrazone groups is 1. The van der Waals surface area contributed by atoms with Gasteiger partial charge in [0.25, 0.3) is 10.0 Å². The number of benzene rings is 2. The molecule has 1 aliphatic rings. The molecule has 0 aliphatic heterocycles. The van der Waals surface area contributed by atoms with Crippen molar-refractivity contribution in [1.82, 2.24) is 4.83 Å². The van der Waals surface area contributed by atoms with Crippen molar-refractivity contribution < 1.29 is 13.2 Å². The van der Waals surface area contributed by atoms with E-state index < -0.39 is 10.0 Å². The molecule has 0 spiro atoms. The van der Waals surface area contributed by atoms with Crippen molar-refractivity contribution in [2.24, 2.45) is 5.10 Å². The number of nitrogens with zero attached hydrogens (tertiary/aromatic N) is 1. The standard InChI is InChI=1S/C17H18N2O3S/c1-2-22-16-7-9-17(10-8-16)23(20,21)19-18-15-11-13-5-3-4-6-14(13)12-15/h3-10,19H,2,11-12H2,1H3. The van der Waals surface area contributed by atoms with Gasteiger partial charge in [-0.1, -0.05) is 24.3 Å². The molecule has 2 aromatic carbocycles. The van der Waals surface area contributed by atoms with Gasteiger partial charge >= 0.3 is 0 Å². The molecule has 1 aliphatic carbocycles. The summed E-state index contributed by atoms with van der Waals surface area (Å²) in [6, 6.07) is 14.3. The number of rotatable bonds is 5. The van der Waals surface area contributed by atoms with E-state index in [0.717, 1.165) is 5.71 Å². The molecule has 2 aromatic rings. The molecule has 0 bridgehead atoms. The van der Waals surface area contributed by atoms with Crippen molar-refractivity contribution >= 4 is 15.7 Å². The molecule has 0 fully saturated rings. The van der Waals surface area contributed by atoms with E-state index in [4.69, 9.17) is 4.74 Å². The van der Waals surface area contributed by atoms with Crippen molar-refractivity contribution in [3.63, 3.8) is 0 Å². The molecule has 23 heavy (non-hydrogen) atoms. The van der Waals surface area contributed by atoms with Crippen LogP contribution in [-0.4, -0.2) is 20.7 Å². The third-order valence-electron chi connectivity index (χ3n) is 3.68. The SMILES string of the molecule is CCOc1ccc(S(=O)(=O)NN=C2Cc3ccccc3C2)cc1. The average molecular weight is 330 g/mol. The summed E-state index contributed by atoms with van der Waals surface area (Å²) in [5.41, 5.74) is 3.22. The Hall–Kier alpha value is -2.34. The first kappa shape index (κ1) is 15.6. The molecule has 3 rings (SSSR count). The van der Waals surface area contributed by atoms with Crippen molar-refractivity contribution in [1.29, 1.82) is 0 Å². The van der Waals surface area contributed by atoms with Crippen LogP contribution in [0.1, 0.15) is 18.1 Å². The van der Waals surface area contributed by atoms with Crippen LogP contribution >= 0.6 is 0 Å². The average Bonchev–Trinajstić information content (AvgIpc) is 2.97. The van der Waals surface area contributed by atoms with Gasteiger partial charge in [-0.2, -0.15) is 13.5 Å². The summed E-state index contributed by atoms with van der Waals surface area (Å²) in [5.74, 6) is 0.643. The highest BCUT2D eigenvalue weighted by Gasteiger charge is 2.18. The number of nitrogens with one attached hydrogen (secondary N) is 1. The maximum absolute atomic E-state index is 12.3. The highest BCUT2D eigenvalue weighted by atomic mass is 32.2. The Bertz CT molecular complexity index is 800. The molecule has 1 N–H and O–H groups in total. The Morgan fingerprint density at radius 3 is 2.22 bits per heavy atom. The van der Waals surface area contributed by atoms with Crippen molar-refractivity contribution in [3.05, 3.63) is 59.7 Å². The number of ether oxygens (including phenoxy) is 1. The lowest BCUT2D eigenvalue weighted by molar-refractivity contribution is 0.340. The van der Waals surface area contributed by atoms with Gasteiger partial charge in [0.05, 0.1) is 11.5 Å². The van der Waals surface area contributed by atoms with E-state index in [2.05, 4.69) is 9.93 Å². The first-order valence-corrected chi connectivity index (χ1v) is 8.93. The molecular formula is C17H18N2O3S. The molecule has 6 heteroatoms. The quantitative estimate of drug-likeness (QED) is 0.857. The van der Waals surface area contributed by atoms with Crippen LogP contribution in [0.4, 0.5) is 0 Å². The van der Waals surface area contributed by atoms with Crippen molar-refractivity contribution in [2.75, 3.05) is 6.61 Å². The molecule has 0 atom stereocenters. The summed E-state index contributed by atoms with van der Waals surface area (Å²) in [6.45, 7) is 2.42. The molecule has 0 saturated heterocycles. The van der Waals surface area contributed by atoms with Gasteiger partial charge in [-0.25, -0.2) is 4.83 Å². The Morgan fingerprint density at radius 1 is 1.04 bits per heavy atom. The van der Waals surface area contributed by atoms with Crippen LogP contribution in [0.25, 0.3) is 0 Å². The number of fused-ring (bicyclic) bond motifs is 1. The molecule has 120 valence electrons. The lowest BCUT2D eigenvalue weighted by Gasteiger charge is -2.06. The molecule has 0 amide bonds. The fourth-order valence-corrected chi connectivity index (χ4v) is 3.39. The van der Waals surface area contributed by atoms with Gasteiger partial charge in [0.2, 0.25) is 0 Å². The molecule has 0 aromatic heterocycles. The van der Waals surface area contributed by atoms with Crippen LogP contribution < -0.4 is 9.57 Å². The molecule has 0 unspecified atom stereocenters. The van der Waals surface area contributed by atoms with Crippen LogP contribution in [-0.2, 0) is 22.9 Å². The van der Waals surface area contributed by atoms with Gasteiger partial charge in [0, 0.05) is 18.6 Å². The first-order valence-electron chi connectivity index (χ1n) is 7.45. The topological polar surface area (TPSA) is 67.8 Å². The summed E-state index contributed by atoms with van der Waals surface area (Å²) in [5, 5.41) is 4.09. The summed E-state index contributed by atoms with van der Waals surface area (Å²) >= 11 is 0. The minimum Gasteiger partial charge on any atom is -0.494 e. The molecule has 5 nitrogen and oxygen atoms in total. The third kappa shape index (κ3) is 3.53. The second-order valence-corrected chi connectivity index (χ2v) is 6.96. The third-order valence-corrected chi connectivity index (χ3v) is 4.90. The summed E-state index contributed by atoms with van der Waals surface area (Å²) in [7, 11) is -3.66. The molecule has 0 saturated carbocycles. The van der Waals surface area contributed by atoms with Crippen LogP contribution in [0.3, 0.4) is 0 Å². The summed E-state index contributed by atoms with van der Waals surface area (Å²) < 4.78 is 29.9. The molecule has 0 radical (unpaired) electrons. The van der Waals surface area contributed by atoms with Gasteiger partial charge in [-0.3, -0.25) is 0 Å². The van der Waals surface area contributed by atoms with Gasteiger partial charge in [0.15, 0.2) is 0 Å². The summed E-state index contributed by atoms with van der Waals surface area (Å²) in [6.07, 6.45) is 1.37. The maximum atomic E-state index is 12.3. The predicted molar refractivity (Wildman–Crippen MR) is 89.2 cm³/mol. The summed E-state index contributed by atoms with van der Waals surface area (Å²) in [4.78, 5) is 2.49. The van der Waals surface area contributed by atoms with Gasteiger partial charge in [-0.15, -0.1) is 0 Å². The predicted octanol–water partition coefficient (Wildman–Crippen LogP) is 2.52. The zero-order valence-electron chi connectivity index (χ0n) is 12.8. The Balaban J connectivity index is 1.71. The minimum absolute atomic E-state index is 0.167. The zero-order valence-corrected chi connectivity index (χ0v) is 13.6. The fraction of sp³-hybridized carbons (Fsp3) is 0.235. The largest absolute Gasteiger partial charge is 0.494 e. The van der Waals surface area contributed by atoms with Crippen molar-refractivity contribution in [2.45, 2.75) is 24.7 Å². The van der Waals surface area contributed by atoms with Crippen LogP contribution in [0, 0.1) is 0 Å². The van der Waals surface area contributed by atoms with E-state index in [1.165, 1.54) is 23.3 Å². The first-order chi connectivity index (χ1) is 11.1. The van der Waals surface area contributed by atoms with E-state index in [-0.39, 0.29) is 4.90 Å².